The Balaban J connectivity index is 1.32. The second kappa shape index (κ2) is 9.45. The summed E-state index contributed by atoms with van der Waals surface area (Å²) >= 11 is 5.97. The first kappa shape index (κ1) is 20.6. The molecule has 2 aromatic rings. The number of hydrogen-bond acceptors (Lipinski definition) is 4. The van der Waals surface area contributed by atoms with Crippen LogP contribution in [0.1, 0.15) is 48.4 Å². The molecule has 0 unspecified atom stereocenters. The maximum Gasteiger partial charge on any atom is 0.289 e. The van der Waals surface area contributed by atoms with E-state index in [-0.39, 0.29) is 11.7 Å². The fourth-order valence-electron chi connectivity index (χ4n) is 4.28. The lowest BCUT2D eigenvalue weighted by Gasteiger charge is -2.40. The summed E-state index contributed by atoms with van der Waals surface area (Å²) in [6.45, 7) is 3.34. The number of nitrogens with zero attached hydrogens (tertiary/aromatic N) is 2. The van der Waals surface area contributed by atoms with E-state index in [0.717, 1.165) is 26.2 Å². The second-order valence-electron chi connectivity index (χ2n) is 7.83. The monoisotopic (exact) mass is 434 g/mol. The number of furan rings is 1. The molecular formula is C22H27ClN2O3S. The molecule has 1 saturated carbocycles. The number of hydrogen-bond donors (Lipinski definition) is 0. The van der Waals surface area contributed by atoms with Gasteiger partial charge >= 0.3 is 0 Å². The highest BCUT2D eigenvalue weighted by Gasteiger charge is 2.28. The molecule has 1 saturated heterocycles. The second-order valence-corrected chi connectivity index (χ2v) is 9.72. The number of halogens is 1. The molecule has 156 valence electrons. The van der Waals surface area contributed by atoms with Gasteiger partial charge in [0.15, 0.2) is 5.76 Å². The van der Waals surface area contributed by atoms with Gasteiger partial charge in [0, 0.05) is 42.1 Å². The molecule has 5 nitrogen and oxygen atoms in total. The number of carbonyl (C=O) groups is 1. The highest BCUT2D eigenvalue weighted by Crippen LogP contribution is 2.24. The van der Waals surface area contributed by atoms with Crippen LogP contribution in [0.4, 0.5) is 0 Å². The zero-order chi connectivity index (χ0) is 20.2. The van der Waals surface area contributed by atoms with E-state index in [9.17, 15) is 9.00 Å². The Morgan fingerprint density at radius 2 is 1.83 bits per heavy atom. The van der Waals surface area contributed by atoms with Crippen molar-refractivity contribution in [2.75, 3.05) is 26.2 Å². The summed E-state index contributed by atoms with van der Waals surface area (Å²) in [5, 5.41) is 0.554. The van der Waals surface area contributed by atoms with Crippen molar-refractivity contribution >= 4 is 28.3 Å². The van der Waals surface area contributed by atoms with Gasteiger partial charge in [-0.1, -0.05) is 36.9 Å². The Kier molecular flexibility index (Phi) is 6.73. The van der Waals surface area contributed by atoms with E-state index >= 15 is 0 Å². The van der Waals surface area contributed by atoms with Crippen LogP contribution in [0.15, 0.2) is 45.7 Å². The van der Waals surface area contributed by atoms with Gasteiger partial charge < -0.3 is 9.32 Å². The van der Waals surface area contributed by atoms with Gasteiger partial charge in [-0.25, -0.2) is 0 Å². The van der Waals surface area contributed by atoms with Crippen molar-refractivity contribution < 1.29 is 13.4 Å². The molecule has 0 bridgehead atoms. The minimum absolute atomic E-state index is 0.0758. The Morgan fingerprint density at radius 3 is 2.55 bits per heavy atom. The quantitative estimate of drug-likeness (QED) is 0.702. The van der Waals surface area contributed by atoms with Gasteiger partial charge in [-0.2, -0.15) is 0 Å². The minimum atomic E-state index is -1.27. The van der Waals surface area contributed by atoms with Crippen molar-refractivity contribution in [3.05, 3.63) is 52.9 Å². The molecule has 2 heterocycles. The highest BCUT2D eigenvalue weighted by atomic mass is 35.5. The third-order valence-electron chi connectivity index (χ3n) is 5.90. The summed E-state index contributed by atoms with van der Waals surface area (Å²) < 4.78 is 18.3. The molecule has 1 amide bonds. The van der Waals surface area contributed by atoms with Crippen LogP contribution in [-0.2, 0) is 16.6 Å². The van der Waals surface area contributed by atoms with E-state index in [1.807, 2.05) is 4.90 Å². The molecule has 1 aliphatic heterocycles. The first-order chi connectivity index (χ1) is 14.1. The van der Waals surface area contributed by atoms with Gasteiger partial charge in [-0.15, -0.1) is 0 Å². The molecular weight excluding hydrogens is 408 g/mol. The van der Waals surface area contributed by atoms with Crippen LogP contribution in [0, 0.1) is 0 Å². The number of benzene rings is 1. The van der Waals surface area contributed by atoms with Crippen LogP contribution < -0.4 is 0 Å². The molecule has 1 aromatic heterocycles. The smallest absolute Gasteiger partial charge is 0.289 e. The number of carbonyl (C=O) groups excluding carboxylic acids is 1. The Labute approximate surface area is 179 Å². The third kappa shape index (κ3) is 5.11. The zero-order valence-corrected chi connectivity index (χ0v) is 18.1. The van der Waals surface area contributed by atoms with Crippen molar-refractivity contribution in [2.45, 2.75) is 48.8 Å². The van der Waals surface area contributed by atoms with Crippen LogP contribution in [0.25, 0.3) is 0 Å². The lowest BCUT2D eigenvalue weighted by molar-refractivity contribution is 0.0496. The average molecular weight is 435 g/mol. The van der Waals surface area contributed by atoms with Crippen LogP contribution in [0.5, 0.6) is 0 Å². The molecule has 0 N–H and O–H groups in total. The topological polar surface area (TPSA) is 53.8 Å². The van der Waals surface area contributed by atoms with E-state index in [2.05, 4.69) is 4.90 Å². The summed E-state index contributed by atoms with van der Waals surface area (Å²) in [5.74, 6) is 1.03. The normalized spacial score (nSPS) is 20.0. The molecule has 29 heavy (non-hydrogen) atoms. The van der Waals surface area contributed by atoms with E-state index in [1.54, 1.807) is 36.4 Å². The Bertz CT molecular complexity index is 870. The van der Waals surface area contributed by atoms with Crippen LogP contribution in [0.2, 0.25) is 5.02 Å². The fraction of sp³-hybridized carbons (Fsp3) is 0.500. The molecule has 1 atom stereocenters. The summed E-state index contributed by atoms with van der Waals surface area (Å²) in [7, 11) is -1.27. The zero-order valence-electron chi connectivity index (χ0n) is 16.5. The lowest BCUT2D eigenvalue weighted by atomic mass is 9.94. The number of piperazine rings is 1. The van der Waals surface area contributed by atoms with E-state index in [4.69, 9.17) is 16.0 Å². The summed E-state index contributed by atoms with van der Waals surface area (Å²) in [4.78, 5) is 17.9. The number of rotatable bonds is 5. The molecule has 1 aliphatic carbocycles. The van der Waals surface area contributed by atoms with Crippen molar-refractivity contribution in [2.24, 2.45) is 0 Å². The van der Waals surface area contributed by atoms with Gasteiger partial charge in [0.1, 0.15) is 5.76 Å². The van der Waals surface area contributed by atoms with Crippen LogP contribution in [-0.4, -0.2) is 52.1 Å². The summed E-state index contributed by atoms with van der Waals surface area (Å²) in [6.07, 6.45) is 6.60. The van der Waals surface area contributed by atoms with Gasteiger partial charge in [0.25, 0.3) is 5.91 Å². The van der Waals surface area contributed by atoms with E-state index in [0.29, 0.717) is 27.5 Å². The Morgan fingerprint density at radius 1 is 1.07 bits per heavy atom. The van der Waals surface area contributed by atoms with Crippen molar-refractivity contribution in [1.29, 1.82) is 0 Å². The van der Waals surface area contributed by atoms with Crippen molar-refractivity contribution in [3.8, 4) is 0 Å². The predicted octanol–water partition coefficient (Wildman–Crippen LogP) is 4.33. The average Bonchev–Trinajstić information content (AvgIpc) is 3.22. The molecule has 2 aliphatic rings. The SMILES string of the molecule is O=C(c1ccc(C[S@](=O)c2cccc(Cl)c2)o1)N1CCN(C2CCCCC2)CC1. The molecule has 0 spiro atoms. The lowest BCUT2D eigenvalue weighted by Crippen LogP contribution is -2.52. The van der Waals surface area contributed by atoms with Crippen molar-refractivity contribution in [1.82, 2.24) is 9.80 Å². The Hall–Kier alpha value is -1.63. The molecule has 0 radical (unpaired) electrons. The van der Waals surface area contributed by atoms with Crippen molar-refractivity contribution in [3.63, 3.8) is 0 Å². The van der Waals surface area contributed by atoms with E-state index in [1.165, 1.54) is 32.1 Å². The fourth-order valence-corrected chi connectivity index (χ4v) is 5.61. The van der Waals surface area contributed by atoms with Gasteiger partial charge in [-0.05, 0) is 43.2 Å². The number of amides is 1. The molecule has 7 heteroatoms. The summed E-state index contributed by atoms with van der Waals surface area (Å²) in [6, 6.07) is 11.1. The van der Waals surface area contributed by atoms with E-state index < -0.39 is 10.8 Å². The first-order valence-electron chi connectivity index (χ1n) is 10.4. The predicted molar refractivity (Wildman–Crippen MR) is 115 cm³/mol. The first-order valence-corrected chi connectivity index (χ1v) is 12.1. The minimum Gasteiger partial charge on any atom is -0.455 e. The van der Waals surface area contributed by atoms with Crippen LogP contribution in [0.3, 0.4) is 0 Å². The largest absolute Gasteiger partial charge is 0.455 e. The van der Waals surface area contributed by atoms with Gasteiger partial charge in [0.2, 0.25) is 0 Å². The maximum atomic E-state index is 12.8. The maximum absolute atomic E-state index is 12.8. The van der Waals surface area contributed by atoms with Crippen LogP contribution >= 0.6 is 11.6 Å². The molecule has 4 rings (SSSR count). The summed E-state index contributed by atoms with van der Waals surface area (Å²) in [5.41, 5.74) is 0. The molecule has 1 aromatic carbocycles. The standard InChI is InChI=1S/C22H27ClN2O3S/c23-17-5-4-8-20(15-17)29(27)16-19-9-10-21(28-19)22(26)25-13-11-24(12-14-25)18-6-2-1-3-7-18/h4-5,8-10,15,18H,1-3,6-7,11-14,16H2/t29-/m0/s1. The highest BCUT2D eigenvalue weighted by molar-refractivity contribution is 7.84. The molecule has 2 fully saturated rings. The van der Waals surface area contributed by atoms with Gasteiger partial charge in [0.05, 0.1) is 16.6 Å². The third-order valence-corrected chi connectivity index (χ3v) is 7.46. The van der Waals surface area contributed by atoms with Gasteiger partial charge in [-0.3, -0.25) is 13.9 Å².